The number of carbonyl (C=O) groups is 1. The second kappa shape index (κ2) is 8.49. The van der Waals surface area contributed by atoms with Gasteiger partial charge in [-0.2, -0.15) is 5.10 Å². The fourth-order valence-corrected chi connectivity index (χ4v) is 5.49. The molecular weight excluding hydrogens is 452 g/mol. The van der Waals surface area contributed by atoms with Crippen LogP contribution in [0.3, 0.4) is 0 Å². The van der Waals surface area contributed by atoms with E-state index >= 15 is 0 Å². The molecule has 174 valence electrons. The molecule has 4 aromatic rings. The van der Waals surface area contributed by atoms with Crippen LogP contribution >= 0.6 is 0 Å². The van der Waals surface area contributed by atoms with Gasteiger partial charge < -0.3 is 9.30 Å². The Morgan fingerprint density at radius 1 is 1.09 bits per heavy atom. The second-order valence-corrected chi connectivity index (χ2v) is 9.94. The van der Waals surface area contributed by atoms with Gasteiger partial charge in [-0.05, 0) is 66.8 Å². The van der Waals surface area contributed by atoms with E-state index in [4.69, 9.17) is 4.74 Å². The first-order valence-corrected chi connectivity index (χ1v) is 12.4. The lowest BCUT2D eigenvalue weighted by Gasteiger charge is -2.17. The van der Waals surface area contributed by atoms with Gasteiger partial charge in [0.15, 0.2) is 0 Å². The summed E-state index contributed by atoms with van der Waals surface area (Å²) >= 11 is 0. The molecule has 0 radical (unpaired) electrons. The Morgan fingerprint density at radius 2 is 1.85 bits per heavy atom. The van der Waals surface area contributed by atoms with Crippen molar-refractivity contribution >= 4 is 21.7 Å². The minimum Gasteiger partial charge on any atom is -0.465 e. The molecule has 0 bridgehead atoms. The van der Waals surface area contributed by atoms with Crippen LogP contribution in [-0.2, 0) is 21.8 Å². The molecule has 9 heteroatoms. The van der Waals surface area contributed by atoms with Crippen molar-refractivity contribution in [2.45, 2.75) is 23.7 Å². The van der Waals surface area contributed by atoms with E-state index in [1.807, 2.05) is 54.3 Å². The lowest BCUT2D eigenvalue weighted by molar-refractivity contribution is 0.0600. The number of ether oxygens (including phenoxy) is 1. The van der Waals surface area contributed by atoms with Gasteiger partial charge in [0.1, 0.15) is 0 Å². The van der Waals surface area contributed by atoms with E-state index in [1.54, 1.807) is 29.1 Å². The molecule has 2 aromatic heterocycles. The largest absolute Gasteiger partial charge is 0.465 e. The molecule has 2 heterocycles. The number of benzene rings is 2. The highest BCUT2D eigenvalue weighted by molar-refractivity contribution is 7.92. The molecular formula is C25H24N4O4S. The quantitative estimate of drug-likeness (QED) is 0.400. The van der Waals surface area contributed by atoms with Gasteiger partial charge in [0, 0.05) is 31.2 Å². The molecule has 0 aliphatic heterocycles. The Morgan fingerprint density at radius 3 is 2.50 bits per heavy atom. The predicted molar refractivity (Wildman–Crippen MR) is 129 cm³/mol. The smallest absolute Gasteiger partial charge is 0.337 e. The number of esters is 1. The third-order valence-electron chi connectivity index (χ3n) is 5.98. The molecule has 1 fully saturated rings. The summed E-state index contributed by atoms with van der Waals surface area (Å²) in [6.45, 7) is 0. The first kappa shape index (κ1) is 22.0. The van der Waals surface area contributed by atoms with Crippen LogP contribution in [0.1, 0.15) is 34.7 Å². The van der Waals surface area contributed by atoms with E-state index < -0.39 is 16.0 Å². The van der Waals surface area contributed by atoms with Crippen molar-refractivity contribution in [3.63, 3.8) is 0 Å². The van der Waals surface area contributed by atoms with Crippen LogP contribution in [0.5, 0.6) is 0 Å². The standard InChI is InChI=1S/C25H24N4O4S/c1-28-22(11-12-26-28)18-8-10-23(29-13-3-4-14-29)21(15-18)27-34(31,32)24-16-19(25(30)33-2)7-9-20(24)17-5-6-17/h3-4,7-17,27H,5-6H2,1-2H3. The maximum absolute atomic E-state index is 13.7. The highest BCUT2D eigenvalue weighted by Crippen LogP contribution is 2.43. The van der Waals surface area contributed by atoms with Gasteiger partial charge in [-0.15, -0.1) is 0 Å². The van der Waals surface area contributed by atoms with Crippen molar-refractivity contribution in [3.8, 4) is 16.9 Å². The molecule has 1 aliphatic rings. The zero-order valence-corrected chi connectivity index (χ0v) is 19.6. The van der Waals surface area contributed by atoms with Crippen LogP contribution in [0.2, 0.25) is 0 Å². The Balaban J connectivity index is 1.62. The maximum atomic E-state index is 13.7. The van der Waals surface area contributed by atoms with E-state index in [0.29, 0.717) is 16.9 Å². The van der Waals surface area contributed by atoms with Crippen molar-refractivity contribution in [1.29, 1.82) is 0 Å². The number of methoxy groups -OCH3 is 1. The molecule has 1 N–H and O–H groups in total. The molecule has 0 atom stereocenters. The van der Waals surface area contributed by atoms with E-state index in [0.717, 1.165) is 24.1 Å². The number of aromatic nitrogens is 3. The topological polar surface area (TPSA) is 95.2 Å². The Hall–Kier alpha value is -3.85. The minimum absolute atomic E-state index is 0.0993. The van der Waals surface area contributed by atoms with Crippen LogP contribution in [0.4, 0.5) is 5.69 Å². The highest BCUT2D eigenvalue weighted by Gasteiger charge is 2.32. The zero-order chi connectivity index (χ0) is 23.9. The number of hydrogen-bond acceptors (Lipinski definition) is 5. The van der Waals surface area contributed by atoms with Gasteiger partial charge in [0.2, 0.25) is 0 Å². The van der Waals surface area contributed by atoms with Crippen molar-refractivity contribution in [2.24, 2.45) is 7.05 Å². The molecule has 0 amide bonds. The number of carbonyl (C=O) groups excluding carboxylic acids is 1. The minimum atomic E-state index is -4.02. The first-order valence-electron chi connectivity index (χ1n) is 10.9. The molecule has 8 nitrogen and oxygen atoms in total. The number of hydrogen-bond donors (Lipinski definition) is 1. The SMILES string of the molecule is COC(=O)c1ccc(C2CC2)c(S(=O)(=O)Nc2cc(-c3ccnn3C)ccc2-n2cccc2)c1. The molecule has 5 rings (SSSR count). The van der Waals surface area contributed by atoms with Crippen molar-refractivity contribution in [1.82, 2.24) is 14.3 Å². The monoisotopic (exact) mass is 476 g/mol. The maximum Gasteiger partial charge on any atom is 0.337 e. The van der Waals surface area contributed by atoms with Crippen molar-refractivity contribution < 1.29 is 17.9 Å². The average Bonchev–Trinajstić information content (AvgIpc) is 3.35. The Labute approximate surface area is 197 Å². The number of nitrogens with one attached hydrogen (secondary N) is 1. The van der Waals surface area contributed by atoms with Gasteiger partial charge >= 0.3 is 5.97 Å². The number of sulfonamides is 1. The third kappa shape index (κ3) is 4.10. The van der Waals surface area contributed by atoms with E-state index in [-0.39, 0.29) is 16.4 Å². The van der Waals surface area contributed by atoms with Gasteiger partial charge in [0.05, 0.1) is 34.6 Å². The Bertz CT molecular complexity index is 1470. The number of rotatable bonds is 7. The zero-order valence-electron chi connectivity index (χ0n) is 18.8. The first-order chi connectivity index (χ1) is 16.4. The molecule has 1 aliphatic carbocycles. The normalized spacial score (nSPS) is 13.6. The van der Waals surface area contributed by atoms with Crippen molar-refractivity contribution in [2.75, 3.05) is 11.8 Å². The lowest BCUT2D eigenvalue weighted by Crippen LogP contribution is -2.17. The summed E-state index contributed by atoms with van der Waals surface area (Å²) in [7, 11) is -0.909. The van der Waals surface area contributed by atoms with E-state index in [2.05, 4.69) is 9.82 Å². The fraction of sp³-hybridized carbons (Fsp3) is 0.200. The number of aryl methyl sites for hydroxylation is 1. The molecule has 0 saturated heterocycles. The van der Waals surface area contributed by atoms with Crippen LogP contribution in [0.25, 0.3) is 16.9 Å². The van der Waals surface area contributed by atoms with Crippen LogP contribution in [0, 0.1) is 0 Å². The lowest BCUT2D eigenvalue weighted by atomic mass is 10.1. The molecule has 0 unspecified atom stereocenters. The van der Waals surface area contributed by atoms with Gasteiger partial charge in [-0.25, -0.2) is 13.2 Å². The summed E-state index contributed by atoms with van der Waals surface area (Å²) < 4.78 is 38.6. The van der Waals surface area contributed by atoms with Gasteiger partial charge in [-0.1, -0.05) is 12.1 Å². The van der Waals surface area contributed by atoms with E-state index in [9.17, 15) is 13.2 Å². The summed E-state index contributed by atoms with van der Waals surface area (Å²) in [5.41, 5.74) is 3.67. The fourth-order valence-electron chi connectivity index (χ4n) is 4.10. The molecule has 2 aromatic carbocycles. The van der Waals surface area contributed by atoms with Gasteiger partial charge in [0.25, 0.3) is 10.0 Å². The average molecular weight is 477 g/mol. The summed E-state index contributed by atoms with van der Waals surface area (Å²) in [5, 5.41) is 4.22. The summed E-state index contributed by atoms with van der Waals surface area (Å²) in [4.78, 5) is 12.2. The summed E-state index contributed by atoms with van der Waals surface area (Å²) in [6.07, 6.45) is 7.24. The van der Waals surface area contributed by atoms with Crippen molar-refractivity contribution in [3.05, 3.63) is 84.3 Å². The van der Waals surface area contributed by atoms with Crippen LogP contribution in [0.15, 0.2) is 78.1 Å². The summed E-state index contributed by atoms with van der Waals surface area (Å²) in [5.74, 6) is -0.409. The van der Waals surface area contributed by atoms with E-state index in [1.165, 1.54) is 13.2 Å². The third-order valence-corrected chi connectivity index (χ3v) is 7.40. The molecule has 1 saturated carbocycles. The highest BCUT2D eigenvalue weighted by atomic mass is 32.2. The van der Waals surface area contributed by atoms with Crippen LogP contribution in [-0.4, -0.2) is 35.8 Å². The predicted octanol–water partition coefficient (Wildman–Crippen LogP) is 4.34. The number of nitrogens with zero attached hydrogens (tertiary/aromatic N) is 3. The molecule has 0 spiro atoms. The van der Waals surface area contributed by atoms with Gasteiger partial charge in [-0.3, -0.25) is 9.40 Å². The number of anilines is 1. The second-order valence-electron chi connectivity index (χ2n) is 8.29. The van der Waals surface area contributed by atoms with Crippen LogP contribution < -0.4 is 4.72 Å². The Kier molecular flexibility index (Phi) is 5.49. The summed E-state index contributed by atoms with van der Waals surface area (Å²) in [6, 6.07) is 16.0. The molecule has 34 heavy (non-hydrogen) atoms.